The van der Waals surface area contributed by atoms with Crippen LogP contribution in [0.25, 0.3) is 5.76 Å². The Morgan fingerprint density at radius 1 is 1.19 bits per heavy atom. The average Bonchev–Trinajstić information content (AvgIpc) is 2.75. The number of likely N-dealkylation sites (N-methyl/N-ethyl adjacent to an activating group) is 1. The van der Waals surface area contributed by atoms with Crippen molar-refractivity contribution in [2.45, 2.75) is 51.4 Å². The normalized spacial score (nSPS) is 31.8. The lowest BCUT2D eigenvalue weighted by Gasteiger charge is -2.59. The minimum absolute atomic E-state index is 0.0555. The van der Waals surface area contributed by atoms with E-state index in [0.29, 0.717) is 11.1 Å². The van der Waals surface area contributed by atoms with Crippen molar-refractivity contribution in [3.63, 3.8) is 0 Å². The maximum absolute atomic E-state index is 14.1. The summed E-state index contributed by atoms with van der Waals surface area (Å²) in [5.41, 5.74) is -0.546. The van der Waals surface area contributed by atoms with E-state index in [4.69, 9.17) is 5.73 Å². The SMILES string of the molecule is CC(O)C#Cc1ccc(O)c2c1C[C@@]1(C)C[C@@]3(C)[C@H](N(C)C)C(=O)C(C(N)=O)=C(O)[C@@]3(O)C(=O)C1=C2O. The summed E-state index contributed by atoms with van der Waals surface area (Å²) in [6.45, 7) is 4.65. The summed E-state index contributed by atoms with van der Waals surface area (Å²) in [5, 5.41) is 54.6. The van der Waals surface area contributed by atoms with Crippen LogP contribution in [0.5, 0.6) is 5.75 Å². The first kappa shape index (κ1) is 26.4. The van der Waals surface area contributed by atoms with Crippen LogP contribution in [0.4, 0.5) is 0 Å². The number of primary amides is 1. The van der Waals surface area contributed by atoms with Gasteiger partial charge in [-0.2, -0.15) is 0 Å². The molecule has 0 saturated heterocycles. The number of nitrogens with two attached hydrogens (primary N) is 1. The van der Waals surface area contributed by atoms with E-state index in [1.54, 1.807) is 21.0 Å². The summed E-state index contributed by atoms with van der Waals surface area (Å²) < 4.78 is 0. The molecule has 4 rings (SSSR count). The molecule has 0 radical (unpaired) electrons. The zero-order valence-corrected chi connectivity index (χ0v) is 21.2. The second kappa shape index (κ2) is 8.18. The minimum Gasteiger partial charge on any atom is -0.508 e. The number of hydrogen-bond acceptors (Lipinski definition) is 9. The van der Waals surface area contributed by atoms with Gasteiger partial charge in [-0.05, 0) is 51.6 Å². The predicted octanol–water partition coefficient (Wildman–Crippen LogP) is 0.477. The lowest BCUT2D eigenvalue weighted by molar-refractivity contribution is -0.176. The van der Waals surface area contributed by atoms with Crippen molar-refractivity contribution in [2.24, 2.45) is 16.6 Å². The number of hydrogen-bond donors (Lipinski definition) is 6. The fourth-order valence-electron chi connectivity index (χ4n) is 6.62. The average molecular weight is 511 g/mol. The number of carbonyl (C=O) groups excluding carboxylic acids is 3. The third-order valence-corrected chi connectivity index (χ3v) is 7.93. The van der Waals surface area contributed by atoms with Gasteiger partial charge in [-0.15, -0.1) is 0 Å². The molecular formula is C27H30N2O8. The monoisotopic (exact) mass is 510 g/mol. The van der Waals surface area contributed by atoms with Crippen LogP contribution >= 0.6 is 0 Å². The molecule has 0 aliphatic heterocycles. The van der Waals surface area contributed by atoms with Crippen LogP contribution in [0.2, 0.25) is 0 Å². The van der Waals surface area contributed by atoms with Gasteiger partial charge in [0.25, 0.3) is 5.91 Å². The molecule has 0 spiro atoms. The van der Waals surface area contributed by atoms with Crippen LogP contribution in [0.1, 0.15) is 43.9 Å². The maximum atomic E-state index is 14.1. The number of Topliss-reactive ketones (excluding diaryl/α,β-unsaturated/α-hetero) is 2. The minimum atomic E-state index is -2.76. The quantitative estimate of drug-likeness (QED) is 0.243. The Bertz CT molecular complexity index is 1390. The molecule has 196 valence electrons. The van der Waals surface area contributed by atoms with Crippen LogP contribution in [0.3, 0.4) is 0 Å². The highest BCUT2D eigenvalue weighted by molar-refractivity contribution is 6.25. The molecular weight excluding hydrogens is 480 g/mol. The zero-order chi connectivity index (χ0) is 27.8. The first-order chi connectivity index (χ1) is 17.0. The van der Waals surface area contributed by atoms with E-state index >= 15 is 0 Å². The molecule has 10 heteroatoms. The smallest absolute Gasteiger partial charge is 0.255 e. The predicted molar refractivity (Wildman–Crippen MR) is 132 cm³/mol. The van der Waals surface area contributed by atoms with Crippen LogP contribution in [-0.4, -0.2) is 79.7 Å². The Balaban J connectivity index is 2.07. The van der Waals surface area contributed by atoms with Gasteiger partial charge in [0.2, 0.25) is 5.78 Å². The van der Waals surface area contributed by atoms with Crippen LogP contribution in [0, 0.1) is 22.7 Å². The molecule has 1 aromatic rings. The molecule has 0 bridgehead atoms. The molecule has 1 fully saturated rings. The number of phenols is 1. The number of rotatable bonds is 2. The highest BCUT2D eigenvalue weighted by Crippen LogP contribution is 2.63. The number of benzene rings is 1. The Kier molecular flexibility index (Phi) is 5.84. The molecule has 0 aromatic heterocycles. The van der Waals surface area contributed by atoms with E-state index in [1.165, 1.54) is 30.9 Å². The van der Waals surface area contributed by atoms with E-state index in [9.17, 15) is 39.9 Å². The van der Waals surface area contributed by atoms with E-state index in [-0.39, 0.29) is 29.7 Å². The molecule has 10 nitrogen and oxygen atoms in total. The van der Waals surface area contributed by atoms with E-state index in [1.807, 2.05) is 0 Å². The van der Waals surface area contributed by atoms with Crippen molar-refractivity contribution in [1.29, 1.82) is 0 Å². The fourth-order valence-corrected chi connectivity index (χ4v) is 6.62. The van der Waals surface area contributed by atoms with Gasteiger partial charge in [0.15, 0.2) is 11.4 Å². The Morgan fingerprint density at radius 3 is 2.35 bits per heavy atom. The number of aliphatic hydroxyl groups is 4. The fraction of sp³-hybridized carbons (Fsp3) is 0.444. The Labute approximate surface area is 213 Å². The van der Waals surface area contributed by atoms with Gasteiger partial charge in [0.05, 0.1) is 11.6 Å². The summed E-state index contributed by atoms with van der Waals surface area (Å²) in [4.78, 5) is 41.1. The van der Waals surface area contributed by atoms with Crippen molar-refractivity contribution in [3.8, 4) is 17.6 Å². The van der Waals surface area contributed by atoms with Gasteiger partial charge >= 0.3 is 0 Å². The number of nitrogens with zero attached hydrogens (tertiary/aromatic N) is 1. The number of aromatic hydroxyl groups is 1. The number of phenolic OH excluding ortho intramolecular Hbond substituents is 1. The molecule has 7 N–H and O–H groups in total. The van der Waals surface area contributed by atoms with Gasteiger partial charge in [-0.25, -0.2) is 0 Å². The molecule has 37 heavy (non-hydrogen) atoms. The number of amides is 1. The van der Waals surface area contributed by atoms with Crippen molar-refractivity contribution in [2.75, 3.05) is 14.1 Å². The van der Waals surface area contributed by atoms with Crippen molar-refractivity contribution < 1.29 is 39.9 Å². The lowest BCUT2D eigenvalue weighted by atomic mass is 9.46. The largest absolute Gasteiger partial charge is 0.508 e. The van der Waals surface area contributed by atoms with E-state index in [0.717, 1.165) is 0 Å². The molecule has 3 aliphatic rings. The maximum Gasteiger partial charge on any atom is 0.255 e. The molecule has 0 heterocycles. The lowest BCUT2D eigenvalue weighted by Crippen LogP contribution is -2.72. The Morgan fingerprint density at radius 2 is 1.81 bits per heavy atom. The zero-order valence-electron chi connectivity index (χ0n) is 21.2. The second-order valence-corrected chi connectivity index (χ2v) is 10.8. The molecule has 3 aliphatic carbocycles. The third kappa shape index (κ3) is 3.35. The number of fused-ring (bicyclic) bond motifs is 3. The molecule has 1 unspecified atom stereocenters. The van der Waals surface area contributed by atoms with E-state index < -0.39 is 63.1 Å². The summed E-state index contributed by atoms with van der Waals surface area (Å²) in [6, 6.07) is 1.61. The summed E-state index contributed by atoms with van der Waals surface area (Å²) >= 11 is 0. The molecule has 5 atom stereocenters. The van der Waals surface area contributed by atoms with Gasteiger partial charge in [0, 0.05) is 22.0 Å². The molecule has 1 aromatic carbocycles. The van der Waals surface area contributed by atoms with Gasteiger partial charge in [-0.3, -0.25) is 19.3 Å². The van der Waals surface area contributed by atoms with Crippen LogP contribution < -0.4 is 5.73 Å². The highest BCUT2D eigenvalue weighted by atomic mass is 16.3. The van der Waals surface area contributed by atoms with Gasteiger partial charge in [-0.1, -0.05) is 25.7 Å². The number of ketones is 2. The number of aliphatic hydroxyl groups excluding tert-OH is 3. The van der Waals surface area contributed by atoms with Gasteiger partial charge in [0.1, 0.15) is 28.9 Å². The van der Waals surface area contributed by atoms with Crippen LogP contribution in [-0.2, 0) is 20.8 Å². The highest BCUT2D eigenvalue weighted by Gasteiger charge is 2.72. The Hall–Kier alpha value is -3.65. The first-order valence-electron chi connectivity index (χ1n) is 11.7. The number of carbonyl (C=O) groups is 3. The second-order valence-electron chi connectivity index (χ2n) is 10.8. The summed E-state index contributed by atoms with van der Waals surface area (Å²) in [6.07, 6.45) is -0.930. The third-order valence-electron chi connectivity index (χ3n) is 7.93. The molecule has 1 amide bonds. The van der Waals surface area contributed by atoms with Crippen molar-refractivity contribution in [3.05, 3.63) is 45.7 Å². The van der Waals surface area contributed by atoms with Crippen molar-refractivity contribution in [1.82, 2.24) is 4.90 Å². The van der Waals surface area contributed by atoms with Crippen LogP contribution in [0.15, 0.2) is 29.0 Å². The van der Waals surface area contributed by atoms with Crippen molar-refractivity contribution >= 4 is 23.2 Å². The topological polar surface area (TPSA) is 182 Å². The van der Waals surface area contributed by atoms with E-state index in [2.05, 4.69) is 11.8 Å². The molecule has 1 saturated carbocycles. The van der Waals surface area contributed by atoms with Gasteiger partial charge < -0.3 is 31.3 Å². The summed E-state index contributed by atoms with van der Waals surface area (Å²) in [5.74, 6) is 0.169. The summed E-state index contributed by atoms with van der Waals surface area (Å²) in [7, 11) is 3.09. The standard InChI is InChI=1S/C27H30N2O8/c1-12(30)6-7-13-8-9-15(31)16-14(13)10-25(2)11-26(3)21(29(4)5)20(33)17(24(28)36)22(34)27(26,37)23(35)18(25)19(16)32/h8-9,12,21,30-32,34,37H,10-11H2,1-5H3,(H2,28,36)/t12?,21-,25+,26+,27-/m1/s1. The first-order valence-corrected chi connectivity index (χ1v) is 11.7.